The zero-order valence-electron chi connectivity index (χ0n) is 10.5. The predicted molar refractivity (Wildman–Crippen MR) is 64.5 cm³/mol. The van der Waals surface area contributed by atoms with E-state index in [9.17, 15) is 0 Å². The molecule has 4 nitrogen and oxygen atoms in total. The van der Waals surface area contributed by atoms with Gasteiger partial charge in [0.05, 0.1) is 5.69 Å². The lowest BCUT2D eigenvalue weighted by Gasteiger charge is -2.32. The predicted octanol–water partition coefficient (Wildman–Crippen LogP) is 1.80. The molecule has 1 unspecified atom stereocenters. The Labute approximate surface area is 102 Å². The lowest BCUT2D eigenvalue weighted by atomic mass is 9.94. The van der Waals surface area contributed by atoms with Gasteiger partial charge in [0, 0.05) is 31.0 Å². The molecule has 1 aromatic rings. The van der Waals surface area contributed by atoms with Crippen molar-refractivity contribution < 1.29 is 4.74 Å². The summed E-state index contributed by atoms with van der Waals surface area (Å²) < 4.78 is 5.92. The lowest BCUT2D eigenvalue weighted by Crippen LogP contribution is -2.33. The zero-order chi connectivity index (χ0) is 11.9. The third-order valence-corrected chi connectivity index (χ3v) is 3.84. The summed E-state index contributed by atoms with van der Waals surface area (Å²) in [7, 11) is 0. The first-order valence-electron chi connectivity index (χ1n) is 6.40. The van der Waals surface area contributed by atoms with E-state index in [0.29, 0.717) is 0 Å². The van der Waals surface area contributed by atoms with Crippen LogP contribution in [0.4, 0.5) is 0 Å². The number of aryl methyl sites for hydroxylation is 1. The highest BCUT2D eigenvalue weighted by Gasteiger charge is 2.34. The molecule has 0 saturated carbocycles. The van der Waals surface area contributed by atoms with Crippen LogP contribution in [0.2, 0.25) is 0 Å². The second-order valence-corrected chi connectivity index (χ2v) is 5.20. The van der Waals surface area contributed by atoms with Crippen molar-refractivity contribution in [3.63, 3.8) is 0 Å². The first-order valence-corrected chi connectivity index (χ1v) is 6.40. The van der Waals surface area contributed by atoms with Crippen LogP contribution in [0.5, 0.6) is 0 Å². The molecule has 17 heavy (non-hydrogen) atoms. The summed E-state index contributed by atoms with van der Waals surface area (Å²) in [6.07, 6.45) is 3.38. The number of nitrogens with one attached hydrogen (secondary N) is 1. The van der Waals surface area contributed by atoms with Crippen LogP contribution >= 0.6 is 0 Å². The van der Waals surface area contributed by atoms with Crippen molar-refractivity contribution in [1.29, 1.82) is 0 Å². The summed E-state index contributed by atoms with van der Waals surface area (Å²) in [5, 5.41) is 3.33. The molecule has 4 heteroatoms. The summed E-state index contributed by atoms with van der Waals surface area (Å²) in [5.74, 6) is 0.872. The van der Waals surface area contributed by atoms with E-state index in [2.05, 4.69) is 24.1 Å². The van der Waals surface area contributed by atoms with Crippen molar-refractivity contribution in [3.8, 4) is 0 Å². The van der Waals surface area contributed by atoms with Gasteiger partial charge in [0.25, 0.3) is 0 Å². The third-order valence-electron chi connectivity index (χ3n) is 3.84. The highest BCUT2D eigenvalue weighted by Crippen LogP contribution is 2.33. The molecule has 1 N–H and O–H groups in total. The van der Waals surface area contributed by atoms with Crippen LogP contribution in [0.3, 0.4) is 0 Å². The van der Waals surface area contributed by atoms with Crippen molar-refractivity contribution >= 4 is 0 Å². The molecule has 1 saturated heterocycles. The van der Waals surface area contributed by atoms with Gasteiger partial charge in [0.15, 0.2) is 5.82 Å². The molecule has 0 aliphatic carbocycles. The maximum atomic E-state index is 5.92. The average Bonchev–Trinajstić information content (AvgIpc) is 2.78. The summed E-state index contributed by atoms with van der Waals surface area (Å²) in [6, 6.07) is 0. The van der Waals surface area contributed by atoms with Gasteiger partial charge in [-0.2, -0.15) is 0 Å². The molecule has 92 valence electrons. The van der Waals surface area contributed by atoms with Crippen molar-refractivity contribution in [2.45, 2.75) is 51.8 Å². The minimum atomic E-state index is -0.277. The maximum absolute atomic E-state index is 5.92. The van der Waals surface area contributed by atoms with Gasteiger partial charge in [-0.25, -0.2) is 9.97 Å². The van der Waals surface area contributed by atoms with Crippen molar-refractivity contribution in [2.24, 2.45) is 0 Å². The number of rotatable bonds is 1. The van der Waals surface area contributed by atoms with Gasteiger partial charge < -0.3 is 10.1 Å². The molecule has 0 radical (unpaired) electrons. The second-order valence-electron chi connectivity index (χ2n) is 5.20. The summed E-state index contributed by atoms with van der Waals surface area (Å²) >= 11 is 0. The minimum absolute atomic E-state index is 0.277. The fourth-order valence-corrected chi connectivity index (χ4v) is 2.68. The van der Waals surface area contributed by atoms with E-state index >= 15 is 0 Å². The van der Waals surface area contributed by atoms with E-state index in [1.807, 2.05) is 0 Å². The fourth-order valence-electron chi connectivity index (χ4n) is 2.68. The van der Waals surface area contributed by atoms with Gasteiger partial charge in [-0.15, -0.1) is 0 Å². The maximum Gasteiger partial charge on any atom is 0.160 e. The topological polar surface area (TPSA) is 47.0 Å². The summed E-state index contributed by atoms with van der Waals surface area (Å²) in [5.41, 5.74) is 3.25. The van der Waals surface area contributed by atoms with Crippen LogP contribution in [-0.2, 0) is 23.4 Å². The highest BCUT2D eigenvalue weighted by atomic mass is 16.5. The molecule has 1 aromatic heterocycles. The Kier molecular flexibility index (Phi) is 2.64. The Hall–Kier alpha value is -1.00. The van der Waals surface area contributed by atoms with Gasteiger partial charge in [-0.1, -0.05) is 0 Å². The number of ether oxygens (including phenoxy) is 1. The highest BCUT2D eigenvalue weighted by molar-refractivity contribution is 5.29. The fraction of sp³-hybridized carbons (Fsp3) is 0.692. The molecule has 1 fully saturated rings. The van der Waals surface area contributed by atoms with Crippen LogP contribution in [0.15, 0.2) is 0 Å². The standard InChI is InChI=1S/C13H19N3O/c1-9-10-7-14-8-11(10)16-12(15-9)13(2)5-3-4-6-17-13/h14H,3-8H2,1-2H3. The van der Waals surface area contributed by atoms with E-state index in [-0.39, 0.29) is 5.60 Å². The van der Waals surface area contributed by atoms with E-state index in [4.69, 9.17) is 9.72 Å². The SMILES string of the molecule is Cc1nc(C2(C)CCCCO2)nc2c1CNC2. The molecular weight excluding hydrogens is 214 g/mol. The van der Waals surface area contributed by atoms with Gasteiger partial charge >= 0.3 is 0 Å². The van der Waals surface area contributed by atoms with Crippen LogP contribution in [-0.4, -0.2) is 16.6 Å². The molecule has 2 aliphatic heterocycles. The smallest absolute Gasteiger partial charge is 0.160 e. The molecule has 0 aromatic carbocycles. The quantitative estimate of drug-likeness (QED) is 0.803. The van der Waals surface area contributed by atoms with E-state index in [0.717, 1.165) is 49.8 Å². The van der Waals surface area contributed by atoms with Gasteiger partial charge in [0.1, 0.15) is 5.60 Å². The first kappa shape index (κ1) is 11.1. The van der Waals surface area contributed by atoms with Crippen molar-refractivity contribution in [3.05, 3.63) is 22.8 Å². The molecule has 3 heterocycles. The Balaban J connectivity index is 2.00. The molecule has 0 spiro atoms. The van der Waals surface area contributed by atoms with Crippen molar-refractivity contribution in [1.82, 2.24) is 15.3 Å². The Morgan fingerprint density at radius 2 is 2.12 bits per heavy atom. The average molecular weight is 233 g/mol. The second kappa shape index (κ2) is 4.03. The van der Waals surface area contributed by atoms with E-state index < -0.39 is 0 Å². The lowest BCUT2D eigenvalue weighted by molar-refractivity contribution is -0.0762. The van der Waals surface area contributed by atoms with Crippen molar-refractivity contribution in [2.75, 3.05) is 6.61 Å². The normalized spacial score (nSPS) is 28.1. The monoisotopic (exact) mass is 233 g/mol. The number of aromatic nitrogens is 2. The van der Waals surface area contributed by atoms with E-state index in [1.54, 1.807) is 0 Å². The molecular formula is C13H19N3O. The van der Waals surface area contributed by atoms with E-state index in [1.165, 1.54) is 12.0 Å². The van der Waals surface area contributed by atoms with Gasteiger partial charge in [-0.3, -0.25) is 0 Å². The first-order chi connectivity index (χ1) is 8.19. The summed E-state index contributed by atoms with van der Waals surface area (Å²) in [6.45, 7) is 6.79. The Morgan fingerprint density at radius 3 is 2.88 bits per heavy atom. The minimum Gasteiger partial charge on any atom is -0.367 e. The van der Waals surface area contributed by atoms with Crippen LogP contribution in [0.1, 0.15) is 49.0 Å². The Bertz CT molecular complexity index is 439. The molecule has 2 aliphatic rings. The Morgan fingerprint density at radius 1 is 1.24 bits per heavy atom. The number of nitrogens with zero attached hydrogens (tertiary/aromatic N) is 2. The van der Waals surface area contributed by atoms with Gasteiger partial charge in [-0.05, 0) is 33.1 Å². The molecule has 3 rings (SSSR count). The summed E-state index contributed by atoms with van der Waals surface area (Å²) in [4.78, 5) is 9.38. The van der Waals surface area contributed by atoms with Gasteiger partial charge in [0.2, 0.25) is 0 Å². The number of fused-ring (bicyclic) bond motifs is 1. The van der Waals surface area contributed by atoms with Crippen LogP contribution in [0, 0.1) is 6.92 Å². The molecule has 1 atom stereocenters. The van der Waals surface area contributed by atoms with Crippen LogP contribution < -0.4 is 5.32 Å². The van der Waals surface area contributed by atoms with Crippen LogP contribution in [0.25, 0.3) is 0 Å². The zero-order valence-corrected chi connectivity index (χ0v) is 10.5. The molecule has 0 bridgehead atoms. The largest absolute Gasteiger partial charge is 0.367 e. The molecule has 0 amide bonds. The third kappa shape index (κ3) is 1.85. The number of hydrogen-bond acceptors (Lipinski definition) is 4. The number of hydrogen-bond donors (Lipinski definition) is 1.